The summed E-state index contributed by atoms with van der Waals surface area (Å²) in [6.45, 7) is 0. The number of fused-ring (bicyclic) bond motifs is 1. The lowest BCUT2D eigenvalue weighted by Gasteiger charge is -2.04. The first-order valence-corrected chi connectivity index (χ1v) is 5.98. The molecule has 5 nitrogen and oxygen atoms in total. The van der Waals surface area contributed by atoms with Gasteiger partial charge in [-0.25, -0.2) is 9.78 Å². The van der Waals surface area contributed by atoms with Crippen molar-refractivity contribution in [2.45, 2.75) is 0 Å². The first-order chi connectivity index (χ1) is 9.65. The maximum atomic E-state index is 12.0. The van der Waals surface area contributed by atoms with Crippen LogP contribution in [0.5, 0.6) is 0 Å². The van der Waals surface area contributed by atoms with E-state index in [4.69, 9.17) is 5.11 Å². The molecule has 0 bridgehead atoms. The van der Waals surface area contributed by atoms with E-state index in [2.05, 4.69) is 9.97 Å². The molecule has 1 aromatic heterocycles. The van der Waals surface area contributed by atoms with Crippen LogP contribution in [0.4, 0.5) is 0 Å². The van der Waals surface area contributed by atoms with Gasteiger partial charge in [0.25, 0.3) is 5.56 Å². The van der Waals surface area contributed by atoms with Crippen molar-refractivity contribution < 1.29 is 9.90 Å². The predicted molar refractivity (Wildman–Crippen MR) is 74.8 cm³/mol. The Hall–Kier alpha value is -2.95. The van der Waals surface area contributed by atoms with E-state index in [0.29, 0.717) is 22.3 Å². The van der Waals surface area contributed by atoms with Crippen LogP contribution in [-0.4, -0.2) is 21.0 Å². The number of carboxylic acid groups (broad SMARTS) is 1. The van der Waals surface area contributed by atoms with E-state index in [9.17, 15) is 9.59 Å². The molecular weight excluding hydrogens is 256 g/mol. The summed E-state index contributed by atoms with van der Waals surface area (Å²) in [5.74, 6) is -0.660. The summed E-state index contributed by atoms with van der Waals surface area (Å²) in [5.41, 5.74) is 1.05. The molecule has 3 rings (SSSR count). The van der Waals surface area contributed by atoms with Gasteiger partial charge in [0, 0.05) is 5.56 Å². The zero-order valence-corrected chi connectivity index (χ0v) is 10.3. The van der Waals surface area contributed by atoms with Crippen molar-refractivity contribution in [3.63, 3.8) is 0 Å². The number of carboxylic acids is 1. The first kappa shape index (κ1) is 12.1. The highest BCUT2D eigenvalue weighted by Gasteiger charge is 2.08. The summed E-state index contributed by atoms with van der Waals surface area (Å²) >= 11 is 0. The number of nitrogens with one attached hydrogen (secondary N) is 1. The van der Waals surface area contributed by atoms with E-state index < -0.39 is 5.97 Å². The molecule has 2 aromatic carbocycles. The van der Waals surface area contributed by atoms with E-state index >= 15 is 0 Å². The standard InChI is InChI=1S/C15H10N2O3/c18-14-11-6-1-2-7-12(11)16-13(17-14)9-4-3-5-10(8-9)15(19)20/h1-8H,(H,19,20)(H,16,17,18). The minimum atomic E-state index is -1.02. The van der Waals surface area contributed by atoms with Gasteiger partial charge in [-0.05, 0) is 24.3 Å². The lowest BCUT2D eigenvalue weighted by molar-refractivity contribution is 0.0697. The predicted octanol–water partition coefficient (Wildman–Crippen LogP) is 2.29. The van der Waals surface area contributed by atoms with E-state index in [1.165, 1.54) is 12.1 Å². The van der Waals surface area contributed by atoms with Gasteiger partial charge in [-0.2, -0.15) is 0 Å². The Bertz CT molecular complexity index is 868. The third kappa shape index (κ3) is 2.05. The summed E-state index contributed by atoms with van der Waals surface area (Å²) in [4.78, 5) is 30.0. The summed E-state index contributed by atoms with van der Waals surface area (Å²) < 4.78 is 0. The second-order valence-corrected chi connectivity index (χ2v) is 4.32. The highest BCUT2D eigenvalue weighted by Crippen LogP contribution is 2.17. The fourth-order valence-corrected chi connectivity index (χ4v) is 2.02. The Labute approximate surface area is 113 Å². The van der Waals surface area contributed by atoms with Crippen LogP contribution in [0.15, 0.2) is 53.3 Å². The molecule has 5 heteroatoms. The smallest absolute Gasteiger partial charge is 0.335 e. The summed E-state index contributed by atoms with van der Waals surface area (Å²) in [7, 11) is 0. The number of rotatable bonds is 2. The number of aromatic nitrogens is 2. The van der Waals surface area contributed by atoms with Gasteiger partial charge in [-0.3, -0.25) is 4.79 Å². The average molecular weight is 266 g/mol. The largest absolute Gasteiger partial charge is 0.478 e. The number of H-pyrrole nitrogens is 1. The number of carbonyl (C=O) groups is 1. The van der Waals surface area contributed by atoms with E-state index in [1.54, 1.807) is 36.4 Å². The molecule has 0 unspecified atom stereocenters. The number of para-hydroxylation sites is 1. The van der Waals surface area contributed by atoms with Crippen LogP contribution in [0.1, 0.15) is 10.4 Å². The van der Waals surface area contributed by atoms with Crippen molar-refractivity contribution >= 4 is 16.9 Å². The number of benzene rings is 2. The summed E-state index contributed by atoms with van der Waals surface area (Å²) in [6.07, 6.45) is 0. The Morgan fingerprint density at radius 1 is 1.10 bits per heavy atom. The third-order valence-electron chi connectivity index (χ3n) is 3.00. The maximum absolute atomic E-state index is 12.0. The molecule has 3 aromatic rings. The van der Waals surface area contributed by atoms with Crippen molar-refractivity contribution in [1.82, 2.24) is 9.97 Å². The van der Waals surface area contributed by atoms with Crippen LogP contribution < -0.4 is 5.56 Å². The number of aromatic amines is 1. The van der Waals surface area contributed by atoms with Gasteiger partial charge in [0.2, 0.25) is 0 Å². The maximum Gasteiger partial charge on any atom is 0.335 e. The molecule has 0 aliphatic rings. The zero-order valence-electron chi connectivity index (χ0n) is 10.3. The average Bonchev–Trinajstić information content (AvgIpc) is 2.47. The second kappa shape index (κ2) is 4.62. The highest BCUT2D eigenvalue weighted by molar-refractivity contribution is 5.89. The molecular formula is C15H10N2O3. The zero-order chi connectivity index (χ0) is 14.1. The molecule has 0 fully saturated rings. The molecule has 0 aliphatic carbocycles. The number of hydrogen-bond acceptors (Lipinski definition) is 3. The van der Waals surface area contributed by atoms with Crippen molar-refractivity contribution in [2.75, 3.05) is 0 Å². The molecule has 1 heterocycles. The molecule has 98 valence electrons. The SMILES string of the molecule is O=C(O)c1cccc(-c2nc3ccccc3c(=O)[nH]2)c1. The molecule has 0 aliphatic heterocycles. The molecule has 20 heavy (non-hydrogen) atoms. The van der Waals surface area contributed by atoms with E-state index in [0.717, 1.165) is 0 Å². The van der Waals surface area contributed by atoms with Gasteiger partial charge in [-0.1, -0.05) is 24.3 Å². The monoisotopic (exact) mass is 266 g/mol. The molecule has 0 radical (unpaired) electrons. The highest BCUT2D eigenvalue weighted by atomic mass is 16.4. The lowest BCUT2D eigenvalue weighted by Crippen LogP contribution is -2.09. The molecule has 0 amide bonds. The lowest BCUT2D eigenvalue weighted by atomic mass is 10.1. The molecule has 0 saturated carbocycles. The normalized spacial score (nSPS) is 10.6. The fraction of sp³-hybridized carbons (Fsp3) is 0. The topological polar surface area (TPSA) is 83.0 Å². The van der Waals surface area contributed by atoms with Crippen LogP contribution in [0.3, 0.4) is 0 Å². The van der Waals surface area contributed by atoms with Gasteiger partial charge >= 0.3 is 5.97 Å². The second-order valence-electron chi connectivity index (χ2n) is 4.32. The Kier molecular flexibility index (Phi) is 2.80. The number of nitrogens with zero attached hydrogens (tertiary/aromatic N) is 1. The quantitative estimate of drug-likeness (QED) is 0.745. The van der Waals surface area contributed by atoms with Gasteiger partial charge in [0.05, 0.1) is 16.5 Å². The molecule has 2 N–H and O–H groups in total. The van der Waals surface area contributed by atoms with Gasteiger partial charge in [0.15, 0.2) is 0 Å². The van der Waals surface area contributed by atoms with Crippen molar-refractivity contribution in [3.05, 3.63) is 64.4 Å². The third-order valence-corrected chi connectivity index (χ3v) is 3.00. The Balaban J connectivity index is 2.22. The minimum absolute atomic E-state index is 0.151. The van der Waals surface area contributed by atoms with Crippen molar-refractivity contribution in [3.8, 4) is 11.4 Å². The van der Waals surface area contributed by atoms with Crippen molar-refractivity contribution in [2.24, 2.45) is 0 Å². The van der Waals surface area contributed by atoms with Crippen LogP contribution in [0.25, 0.3) is 22.3 Å². The van der Waals surface area contributed by atoms with Crippen LogP contribution in [0.2, 0.25) is 0 Å². The molecule has 0 atom stereocenters. The summed E-state index contributed by atoms with van der Waals surface area (Å²) in [6, 6.07) is 13.3. The van der Waals surface area contributed by atoms with E-state index in [1.807, 2.05) is 0 Å². The minimum Gasteiger partial charge on any atom is -0.478 e. The van der Waals surface area contributed by atoms with Crippen LogP contribution >= 0.6 is 0 Å². The van der Waals surface area contributed by atoms with Gasteiger partial charge in [-0.15, -0.1) is 0 Å². The number of hydrogen-bond donors (Lipinski definition) is 2. The molecule has 0 spiro atoms. The Morgan fingerprint density at radius 3 is 2.70 bits per heavy atom. The van der Waals surface area contributed by atoms with Crippen molar-refractivity contribution in [1.29, 1.82) is 0 Å². The van der Waals surface area contributed by atoms with Gasteiger partial charge < -0.3 is 10.1 Å². The molecule has 0 saturated heterocycles. The van der Waals surface area contributed by atoms with Crippen LogP contribution in [-0.2, 0) is 0 Å². The fourth-order valence-electron chi connectivity index (χ4n) is 2.02. The van der Waals surface area contributed by atoms with Crippen LogP contribution in [0, 0.1) is 0 Å². The summed E-state index contributed by atoms with van der Waals surface area (Å²) in [5, 5.41) is 9.50. The van der Waals surface area contributed by atoms with E-state index in [-0.39, 0.29) is 11.1 Å². The Morgan fingerprint density at radius 2 is 1.90 bits per heavy atom. The van der Waals surface area contributed by atoms with Gasteiger partial charge in [0.1, 0.15) is 5.82 Å². The number of aromatic carboxylic acids is 1. The first-order valence-electron chi connectivity index (χ1n) is 5.98.